The summed E-state index contributed by atoms with van der Waals surface area (Å²) >= 11 is 0. The van der Waals surface area contributed by atoms with Gasteiger partial charge in [0.1, 0.15) is 0 Å². The molecule has 0 atom stereocenters. The largest absolute Gasteiger partial charge is 0.361 e. The zero-order chi connectivity index (χ0) is 13.8. The van der Waals surface area contributed by atoms with Crippen molar-refractivity contribution in [1.82, 2.24) is 4.98 Å². The van der Waals surface area contributed by atoms with Crippen molar-refractivity contribution < 1.29 is 4.79 Å². The van der Waals surface area contributed by atoms with Crippen LogP contribution in [-0.4, -0.2) is 10.8 Å². The molecular formula is C17H19NO. The van der Waals surface area contributed by atoms with Gasteiger partial charge in [-0.2, -0.15) is 0 Å². The van der Waals surface area contributed by atoms with Crippen LogP contribution in [0.15, 0.2) is 42.1 Å². The normalized spacial score (nSPS) is 11.1. The topological polar surface area (TPSA) is 32.9 Å². The van der Waals surface area contributed by atoms with Gasteiger partial charge in [0.05, 0.1) is 0 Å². The van der Waals surface area contributed by atoms with Gasteiger partial charge in [0.2, 0.25) is 0 Å². The predicted molar refractivity (Wildman–Crippen MR) is 81.1 cm³/mol. The summed E-state index contributed by atoms with van der Waals surface area (Å²) in [5.41, 5.74) is 4.80. The fourth-order valence-electron chi connectivity index (χ4n) is 2.00. The van der Waals surface area contributed by atoms with E-state index in [9.17, 15) is 4.79 Å². The summed E-state index contributed by atoms with van der Waals surface area (Å²) < 4.78 is 0. The van der Waals surface area contributed by atoms with Crippen LogP contribution in [0.1, 0.15) is 31.9 Å². The minimum Gasteiger partial charge on any atom is -0.361 e. The SMILES string of the molecule is CC(=O)C=Cc1ccc2[nH]cc(CC=C(C)C)c2c1. The molecule has 1 heterocycles. The molecule has 2 aromatic rings. The van der Waals surface area contributed by atoms with Crippen LogP contribution < -0.4 is 0 Å². The van der Waals surface area contributed by atoms with Gasteiger partial charge in [0.25, 0.3) is 0 Å². The molecular weight excluding hydrogens is 234 g/mol. The Labute approximate surface area is 113 Å². The second-order valence-corrected chi connectivity index (χ2v) is 5.05. The molecule has 0 saturated heterocycles. The maximum absolute atomic E-state index is 11.0. The number of hydrogen-bond donors (Lipinski definition) is 1. The highest BCUT2D eigenvalue weighted by Gasteiger charge is 2.02. The average molecular weight is 253 g/mol. The number of carbonyl (C=O) groups is 1. The first kappa shape index (κ1) is 13.3. The highest BCUT2D eigenvalue weighted by atomic mass is 16.1. The molecule has 0 unspecified atom stereocenters. The van der Waals surface area contributed by atoms with E-state index in [2.05, 4.69) is 43.2 Å². The van der Waals surface area contributed by atoms with Gasteiger partial charge in [-0.05, 0) is 56.5 Å². The van der Waals surface area contributed by atoms with Crippen molar-refractivity contribution in [1.29, 1.82) is 0 Å². The number of nitrogens with one attached hydrogen (secondary N) is 1. The first-order valence-corrected chi connectivity index (χ1v) is 6.48. The van der Waals surface area contributed by atoms with Crippen molar-refractivity contribution in [3.05, 3.63) is 53.2 Å². The second-order valence-electron chi connectivity index (χ2n) is 5.05. The molecule has 0 saturated carbocycles. The number of carbonyl (C=O) groups excluding carboxylic acids is 1. The van der Waals surface area contributed by atoms with Gasteiger partial charge in [0, 0.05) is 17.1 Å². The zero-order valence-corrected chi connectivity index (χ0v) is 11.7. The molecule has 0 amide bonds. The van der Waals surface area contributed by atoms with E-state index >= 15 is 0 Å². The van der Waals surface area contributed by atoms with Crippen molar-refractivity contribution in [3.8, 4) is 0 Å². The molecule has 0 spiro atoms. The Balaban J connectivity index is 2.37. The molecule has 1 aromatic heterocycles. The minimum atomic E-state index is 0.0685. The highest BCUT2D eigenvalue weighted by molar-refractivity contribution is 5.92. The van der Waals surface area contributed by atoms with Crippen LogP contribution in [0.5, 0.6) is 0 Å². The number of allylic oxidation sites excluding steroid dienone is 3. The van der Waals surface area contributed by atoms with Crippen molar-refractivity contribution in [3.63, 3.8) is 0 Å². The zero-order valence-electron chi connectivity index (χ0n) is 11.7. The van der Waals surface area contributed by atoms with Crippen molar-refractivity contribution in [2.75, 3.05) is 0 Å². The minimum absolute atomic E-state index is 0.0685. The van der Waals surface area contributed by atoms with E-state index in [-0.39, 0.29) is 5.78 Å². The van der Waals surface area contributed by atoms with Crippen LogP contribution in [0.4, 0.5) is 0 Å². The number of fused-ring (bicyclic) bond motifs is 1. The molecule has 0 aliphatic carbocycles. The first-order valence-electron chi connectivity index (χ1n) is 6.48. The van der Waals surface area contributed by atoms with Gasteiger partial charge < -0.3 is 4.98 Å². The Morgan fingerprint density at radius 2 is 2.05 bits per heavy atom. The van der Waals surface area contributed by atoms with E-state index in [0.29, 0.717) is 0 Å². The third-order valence-corrected chi connectivity index (χ3v) is 3.03. The molecule has 2 heteroatoms. The Hall–Kier alpha value is -2.09. The summed E-state index contributed by atoms with van der Waals surface area (Å²) in [6.45, 7) is 5.78. The quantitative estimate of drug-likeness (QED) is 0.640. The Morgan fingerprint density at radius 1 is 1.26 bits per heavy atom. The molecule has 0 aliphatic heterocycles. The number of aromatic amines is 1. The lowest BCUT2D eigenvalue weighted by molar-refractivity contribution is -0.112. The van der Waals surface area contributed by atoms with Gasteiger partial charge in [0.15, 0.2) is 5.78 Å². The number of ketones is 1. The van der Waals surface area contributed by atoms with Gasteiger partial charge >= 0.3 is 0 Å². The Bertz CT molecular complexity index is 655. The Morgan fingerprint density at radius 3 is 2.74 bits per heavy atom. The maximum atomic E-state index is 11.0. The van der Waals surface area contributed by atoms with Gasteiger partial charge in [-0.1, -0.05) is 23.8 Å². The Kier molecular flexibility index (Phi) is 4.00. The number of hydrogen-bond acceptors (Lipinski definition) is 1. The molecule has 98 valence electrons. The first-order chi connectivity index (χ1) is 9.06. The van der Waals surface area contributed by atoms with Crippen molar-refractivity contribution >= 4 is 22.8 Å². The van der Waals surface area contributed by atoms with Gasteiger partial charge in [-0.15, -0.1) is 0 Å². The smallest absolute Gasteiger partial charge is 0.152 e. The van der Waals surface area contributed by atoms with Crippen molar-refractivity contribution in [2.24, 2.45) is 0 Å². The third kappa shape index (κ3) is 3.44. The van der Waals surface area contributed by atoms with E-state index in [1.165, 1.54) is 16.5 Å². The second kappa shape index (κ2) is 5.70. The summed E-state index contributed by atoms with van der Waals surface area (Å²) in [5, 5.41) is 1.23. The fourth-order valence-corrected chi connectivity index (χ4v) is 2.00. The monoisotopic (exact) mass is 253 g/mol. The average Bonchev–Trinajstić information content (AvgIpc) is 2.76. The number of rotatable bonds is 4. The van der Waals surface area contributed by atoms with E-state index < -0.39 is 0 Å². The van der Waals surface area contributed by atoms with E-state index in [1.54, 1.807) is 13.0 Å². The fraction of sp³-hybridized carbons (Fsp3) is 0.235. The lowest BCUT2D eigenvalue weighted by Gasteiger charge is -1.98. The molecule has 0 bridgehead atoms. The van der Waals surface area contributed by atoms with E-state index in [0.717, 1.165) is 17.5 Å². The van der Waals surface area contributed by atoms with Crippen molar-refractivity contribution in [2.45, 2.75) is 27.2 Å². The number of H-pyrrole nitrogens is 1. The maximum Gasteiger partial charge on any atom is 0.152 e. The lowest BCUT2D eigenvalue weighted by Crippen LogP contribution is -1.82. The van der Waals surface area contributed by atoms with Crippen LogP contribution in [0, 0.1) is 0 Å². The summed E-state index contributed by atoms with van der Waals surface area (Å²) in [6.07, 6.45) is 8.68. The molecule has 19 heavy (non-hydrogen) atoms. The highest BCUT2D eigenvalue weighted by Crippen LogP contribution is 2.21. The summed E-state index contributed by atoms with van der Waals surface area (Å²) in [5.74, 6) is 0.0685. The molecule has 0 fully saturated rings. The van der Waals surface area contributed by atoms with Gasteiger partial charge in [-0.25, -0.2) is 0 Å². The molecule has 1 aromatic carbocycles. The number of aromatic nitrogens is 1. The summed E-state index contributed by atoms with van der Waals surface area (Å²) in [6, 6.07) is 6.20. The molecule has 0 aliphatic rings. The third-order valence-electron chi connectivity index (χ3n) is 3.03. The predicted octanol–water partition coefficient (Wildman–Crippen LogP) is 4.28. The standard InChI is InChI=1S/C17H19NO/c1-12(2)4-8-15-11-18-17-9-7-14(10-16(15)17)6-5-13(3)19/h4-7,9-11,18H,8H2,1-3H3. The van der Waals surface area contributed by atoms with Gasteiger partial charge in [-0.3, -0.25) is 4.79 Å². The van der Waals surface area contributed by atoms with E-state index in [4.69, 9.17) is 0 Å². The molecule has 2 nitrogen and oxygen atoms in total. The summed E-state index contributed by atoms with van der Waals surface area (Å²) in [7, 11) is 0. The van der Waals surface area contributed by atoms with Crippen LogP contribution in [0.2, 0.25) is 0 Å². The number of benzene rings is 1. The molecule has 0 radical (unpaired) electrons. The van der Waals surface area contributed by atoms with Crippen LogP contribution >= 0.6 is 0 Å². The van der Waals surface area contributed by atoms with Crippen LogP contribution in [0.3, 0.4) is 0 Å². The van der Waals surface area contributed by atoms with Crippen LogP contribution in [0.25, 0.3) is 17.0 Å². The lowest BCUT2D eigenvalue weighted by atomic mass is 10.1. The van der Waals surface area contributed by atoms with Crippen LogP contribution in [-0.2, 0) is 11.2 Å². The molecule has 2 rings (SSSR count). The van der Waals surface area contributed by atoms with E-state index in [1.807, 2.05) is 12.1 Å². The molecule has 1 N–H and O–H groups in total. The summed E-state index contributed by atoms with van der Waals surface area (Å²) in [4.78, 5) is 14.3.